The van der Waals surface area contributed by atoms with Gasteiger partial charge in [-0.2, -0.15) is 11.3 Å². The van der Waals surface area contributed by atoms with Crippen LogP contribution in [0.2, 0.25) is 0 Å². The first-order chi connectivity index (χ1) is 10.7. The molecular formula is C15H17N3O3S. The van der Waals surface area contributed by atoms with Crippen LogP contribution >= 0.6 is 11.3 Å². The summed E-state index contributed by atoms with van der Waals surface area (Å²) in [6.45, 7) is 1.36. The van der Waals surface area contributed by atoms with E-state index in [0.29, 0.717) is 31.0 Å². The fraction of sp³-hybridized carbons (Fsp3) is 0.467. The molecule has 2 N–H and O–H groups in total. The number of ether oxygens (including phenoxy) is 1. The largest absolute Gasteiger partial charge is 0.381 e. The molecule has 6 nitrogen and oxygen atoms in total. The molecule has 0 spiro atoms. The molecule has 7 heteroatoms. The Kier molecular flexibility index (Phi) is 3.38. The third-order valence-corrected chi connectivity index (χ3v) is 5.16. The molecule has 0 aliphatic carbocycles. The molecule has 4 rings (SSSR count). The minimum Gasteiger partial charge on any atom is -0.381 e. The van der Waals surface area contributed by atoms with Crippen LogP contribution in [0.4, 0.5) is 5.82 Å². The Morgan fingerprint density at radius 1 is 1.27 bits per heavy atom. The predicted octanol–water partition coefficient (Wildman–Crippen LogP) is 2.06. The lowest BCUT2D eigenvalue weighted by Gasteiger charge is -2.27. The van der Waals surface area contributed by atoms with Crippen LogP contribution in [-0.4, -0.2) is 28.9 Å². The molecule has 1 saturated heterocycles. The molecule has 2 aliphatic heterocycles. The molecule has 1 fully saturated rings. The third-order valence-electron chi connectivity index (χ3n) is 4.46. The molecule has 2 aromatic rings. The van der Waals surface area contributed by atoms with Gasteiger partial charge < -0.3 is 10.1 Å². The molecular weight excluding hydrogens is 302 g/mol. The number of hydrogen-bond acceptors (Lipinski definition) is 4. The van der Waals surface area contributed by atoms with Crippen LogP contribution in [0, 0.1) is 0 Å². The molecule has 2 aliphatic rings. The molecule has 0 aromatic carbocycles. The van der Waals surface area contributed by atoms with Crippen molar-refractivity contribution < 1.29 is 9.53 Å². The van der Waals surface area contributed by atoms with Gasteiger partial charge in [-0.15, -0.1) is 0 Å². The van der Waals surface area contributed by atoms with E-state index in [4.69, 9.17) is 4.74 Å². The number of aromatic nitrogens is 2. The number of nitrogens with zero attached hydrogens (tertiary/aromatic N) is 1. The van der Waals surface area contributed by atoms with Crippen molar-refractivity contribution in [2.24, 2.45) is 0 Å². The summed E-state index contributed by atoms with van der Waals surface area (Å²) >= 11 is 1.58. The average Bonchev–Trinajstić information content (AvgIpc) is 3.16. The highest BCUT2D eigenvalue weighted by atomic mass is 32.1. The number of carbonyl (C=O) groups excluding carboxylic acids is 1. The maximum Gasteiger partial charge on any atom is 0.270 e. The Bertz CT molecular complexity index is 741. The maximum atomic E-state index is 12.5. The van der Waals surface area contributed by atoms with E-state index in [9.17, 15) is 9.59 Å². The van der Waals surface area contributed by atoms with Gasteiger partial charge in [-0.3, -0.25) is 19.4 Å². The van der Waals surface area contributed by atoms with E-state index in [1.807, 2.05) is 21.5 Å². The van der Waals surface area contributed by atoms with Crippen LogP contribution < -0.4 is 10.9 Å². The maximum absolute atomic E-state index is 12.5. The van der Waals surface area contributed by atoms with Crippen molar-refractivity contribution in [2.75, 3.05) is 18.5 Å². The summed E-state index contributed by atoms with van der Waals surface area (Å²) in [6, 6.07) is 2.16. The quantitative estimate of drug-likeness (QED) is 0.889. The predicted molar refractivity (Wildman–Crippen MR) is 83.6 cm³/mol. The highest BCUT2D eigenvalue weighted by molar-refractivity contribution is 7.08. The van der Waals surface area contributed by atoms with Crippen molar-refractivity contribution in [3.8, 4) is 0 Å². The number of carbonyl (C=O) groups is 1. The summed E-state index contributed by atoms with van der Waals surface area (Å²) < 4.78 is 7.23. The molecule has 4 heterocycles. The van der Waals surface area contributed by atoms with Crippen LogP contribution in [0.25, 0.3) is 0 Å². The van der Waals surface area contributed by atoms with Gasteiger partial charge in [0.05, 0.1) is 11.6 Å². The van der Waals surface area contributed by atoms with Crippen LogP contribution in [0.3, 0.4) is 0 Å². The first-order valence-electron chi connectivity index (χ1n) is 7.48. The van der Waals surface area contributed by atoms with Gasteiger partial charge in [0.1, 0.15) is 5.82 Å². The van der Waals surface area contributed by atoms with E-state index >= 15 is 0 Å². The number of amides is 1. The molecule has 22 heavy (non-hydrogen) atoms. The number of aromatic amines is 1. The van der Waals surface area contributed by atoms with Gasteiger partial charge in [0.25, 0.3) is 5.56 Å². The van der Waals surface area contributed by atoms with Crippen molar-refractivity contribution in [1.82, 2.24) is 9.78 Å². The molecule has 0 saturated carbocycles. The number of anilines is 1. The molecule has 1 atom stereocenters. The summed E-state index contributed by atoms with van der Waals surface area (Å²) in [6.07, 6.45) is 2.01. The third kappa shape index (κ3) is 2.21. The van der Waals surface area contributed by atoms with Gasteiger partial charge >= 0.3 is 0 Å². The topological polar surface area (TPSA) is 76.1 Å². The second-order valence-electron chi connectivity index (χ2n) is 5.78. The van der Waals surface area contributed by atoms with Gasteiger partial charge in [0, 0.05) is 25.6 Å². The summed E-state index contributed by atoms with van der Waals surface area (Å²) in [5.41, 5.74) is 1.62. The number of thiophene rings is 1. The van der Waals surface area contributed by atoms with Crippen molar-refractivity contribution >= 4 is 23.1 Å². The van der Waals surface area contributed by atoms with E-state index in [0.717, 1.165) is 18.4 Å². The summed E-state index contributed by atoms with van der Waals surface area (Å²) in [5, 5.41) is 9.81. The zero-order valence-corrected chi connectivity index (χ0v) is 12.8. The Balaban J connectivity index is 1.81. The first-order valence-corrected chi connectivity index (χ1v) is 8.42. The summed E-state index contributed by atoms with van der Waals surface area (Å²) in [5.74, 6) is 0.452. The summed E-state index contributed by atoms with van der Waals surface area (Å²) in [4.78, 5) is 24.6. The normalized spacial score (nSPS) is 22.4. The zero-order chi connectivity index (χ0) is 15.1. The number of H-pyrrole nitrogens is 1. The van der Waals surface area contributed by atoms with Crippen LogP contribution in [0.5, 0.6) is 0 Å². The fourth-order valence-corrected chi connectivity index (χ4v) is 4.07. The minimum absolute atomic E-state index is 0.0384. The number of nitrogens with one attached hydrogen (secondary N) is 2. The first kappa shape index (κ1) is 13.8. The fourth-order valence-electron chi connectivity index (χ4n) is 3.36. The Morgan fingerprint density at radius 2 is 2.09 bits per heavy atom. The van der Waals surface area contributed by atoms with Crippen LogP contribution in [-0.2, 0) is 9.53 Å². The lowest BCUT2D eigenvalue weighted by atomic mass is 9.89. The van der Waals surface area contributed by atoms with Gasteiger partial charge in [0.15, 0.2) is 0 Å². The van der Waals surface area contributed by atoms with Crippen molar-refractivity contribution in [3.63, 3.8) is 0 Å². The van der Waals surface area contributed by atoms with Crippen molar-refractivity contribution in [1.29, 1.82) is 0 Å². The van der Waals surface area contributed by atoms with Gasteiger partial charge in [0.2, 0.25) is 5.91 Å². The van der Waals surface area contributed by atoms with E-state index in [1.54, 1.807) is 11.3 Å². The molecule has 1 amide bonds. The molecule has 0 bridgehead atoms. The highest BCUT2D eigenvalue weighted by Gasteiger charge is 2.34. The minimum atomic E-state index is -0.153. The number of fused-ring (bicyclic) bond motifs is 1. The van der Waals surface area contributed by atoms with Gasteiger partial charge in [-0.25, -0.2) is 0 Å². The molecule has 2 aromatic heterocycles. The van der Waals surface area contributed by atoms with Crippen molar-refractivity contribution in [3.05, 3.63) is 38.3 Å². The SMILES string of the molecule is O=C1C[C@@H](c2ccsc2)c2c(n(C3CCOCC3)[nH]c2=O)N1. The standard InChI is InChI=1S/C15H17N3O3S/c19-12-7-11(9-3-6-22-8-9)13-14(16-12)18(17-15(13)20)10-1-4-21-5-2-10/h3,6,8,10-11H,1-2,4-5,7H2,(H,16,19)(H,17,20)/t11-/m0/s1. The van der Waals surface area contributed by atoms with Crippen LogP contribution in [0.1, 0.15) is 42.3 Å². The van der Waals surface area contributed by atoms with E-state index in [2.05, 4.69) is 10.4 Å². The van der Waals surface area contributed by atoms with Crippen LogP contribution in [0.15, 0.2) is 21.6 Å². The summed E-state index contributed by atoms with van der Waals surface area (Å²) in [7, 11) is 0. The van der Waals surface area contributed by atoms with Crippen molar-refractivity contribution in [2.45, 2.75) is 31.2 Å². The van der Waals surface area contributed by atoms with Gasteiger partial charge in [-0.05, 0) is 35.2 Å². The lowest BCUT2D eigenvalue weighted by Crippen LogP contribution is -2.28. The number of rotatable bonds is 2. The molecule has 0 radical (unpaired) electrons. The molecule has 0 unspecified atom stereocenters. The average molecular weight is 319 g/mol. The monoisotopic (exact) mass is 319 g/mol. The van der Waals surface area contributed by atoms with E-state index in [1.165, 1.54) is 0 Å². The second-order valence-corrected chi connectivity index (χ2v) is 6.56. The Morgan fingerprint density at radius 3 is 2.82 bits per heavy atom. The Labute approximate surface area is 131 Å². The van der Waals surface area contributed by atoms with E-state index in [-0.39, 0.29) is 23.4 Å². The smallest absolute Gasteiger partial charge is 0.270 e. The lowest BCUT2D eigenvalue weighted by molar-refractivity contribution is -0.116. The highest BCUT2D eigenvalue weighted by Crippen LogP contribution is 2.37. The van der Waals surface area contributed by atoms with Gasteiger partial charge in [-0.1, -0.05) is 0 Å². The number of hydrogen-bond donors (Lipinski definition) is 2. The molecule has 116 valence electrons. The zero-order valence-electron chi connectivity index (χ0n) is 12.0. The Hall–Kier alpha value is -1.86. The second kappa shape index (κ2) is 5.40. The van der Waals surface area contributed by atoms with E-state index < -0.39 is 0 Å².